The SMILES string of the molecule is Cc1nnc(CN=C(NCC2CCCO2)NC(C)C(C)C)n1C.I. The van der Waals surface area contributed by atoms with Gasteiger partial charge >= 0.3 is 0 Å². The molecule has 0 radical (unpaired) electrons. The molecule has 8 heteroatoms. The predicted molar refractivity (Wildman–Crippen MR) is 107 cm³/mol. The lowest BCUT2D eigenvalue weighted by molar-refractivity contribution is 0.113. The zero-order valence-electron chi connectivity index (χ0n) is 15.4. The monoisotopic (exact) mass is 450 g/mol. The highest BCUT2D eigenvalue weighted by Crippen LogP contribution is 2.10. The first-order chi connectivity index (χ1) is 11.0. The molecule has 0 spiro atoms. The highest BCUT2D eigenvalue weighted by atomic mass is 127. The van der Waals surface area contributed by atoms with E-state index in [9.17, 15) is 0 Å². The molecule has 2 atom stereocenters. The maximum absolute atomic E-state index is 5.67. The van der Waals surface area contributed by atoms with Crippen molar-refractivity contribution in [2.75, 3.05) is 13.2 Å². The standard InChI is InChI=1S/C16H30N6O.HI/c1-11(2)12(3)19-16(17-9-14-7-6-8-23-14)18-10-15-21-20-13(4)22(15)5;/h11-12,14H,6-10H2,1-5H3,(H2,17,18,19);1H. The molecule has 2 unspecified atom stereocenters. The molecule has 1 saturated heterocycles. The minimum absolute atomic E-state index is 0. The summed E-state index contributed by atoms with van der Waals surface area (Å²) in [5.41, 5.74) is 0. The van der Waals surface area contributed by atoms with Gasteiger partial charge in [0.25, 0.3) is 0 Å². The summed E-state index contributed by atoms with van der Waals surface area (Å²) < 4.78 is 7.63. The summed E-state index contributed by atoms with van der Waals surface area (Å²) in [6.07, 6.45) is 2.54. The van der Waals surface area contributed by atoms with Crippen LogP contribution in [-0.4, -0.2) is 46.0 Å². The Morgan fingerprint density at radius 2 is 2.12 bits per heavy atom. The lowest BCUT2D eigenvalue weighted by Crippen LogP contribution is -2.46. The zero-order chi connectivity index (χ0) is 16.8. The van der Waals surface area contributed by atoms with Gasteiger partial charge in [0.05, 0.1) is 6.10 Å². The van der Waals surface area contributed by atoms with E-state index >= 15 is 0 Å². The summed E-state index contributed by atoms with van der Waals surface area (Å²) in [7, 11) is 1.96. The van der Waals surface area contributed by atoms with Crippen molar-refractivity contribution in [1.29, 1.82) is 0 Å². The molecule has 1 aliphatic rings. The Hall–Kier alpha value is -0.900. The van der Waals surface area contributed by atoms with Crippen molar-refractivity contribution in [1.82, 2.24) is 25.4 Å². The molecule has 7 nitrogen and oxygen atoms in total. The van der Waals surface area contributed by atoms with Crippen molar-refractivity contribution < 1.29 is 4.74 Å². The first-order valence-electron chi connectivity index (χ1n) is 8.48. The fourth-order valence-corrected chi connectivity index (χ4v) is 2.29. The summed E-state index contributed by atoms with van der Waals surface area (Å²) in [4.78, 5) is 4.67. The third kappa shape index (κ3) is 6.19. The van der Waals surface area contributed by atoms with Crippen molar-refractivity contribution in [3.8, 4) is 0 Å². The van der Waals surface area contributed by atoms with Crippen LogP contribution in [0, 0.1) is 12.8 Å². The van der Waals surface area contributed by atoms with E-state index in [2.05, 4.69) is 46.6 Å². The number of rotatable bonds is 6. The van der Waals surface area contributed by atoms with Gasteiger partial charge in [0.2, 0.25) is 0 Å². The van der Waals surface area contributed by atoms with Crippen LogP contribution in [0.15, 0.2) is 4.99 Å². The van der Waals surface area contributed by atoms with Gasteiger partial charge in [-0.25, -0.2) is 4.99 Å². The number of hydrogen-bond donors (Lipinski definition) is 2. The molecular weight excluding hydrogens is 419 g/mol. The fraction of sp³-hybridized carbons (Fsp3) is 0.812. The quantitative estimate of drug-likeness (QED) is 0.394. The molecular formula is C16H31IN6O. The van der Waals surface area contributed by atoms with Crippen LogP contribution in [0.2, 0.25) is 0 Å². The first kappa shape index (κ1) is 21.1. The van der Waals surface area contributed by atoms with E-state index in [0.29, 0.717) is 18.5 Å². The molecule has 1 aromatic rings. The number of aliphatic imine (C=N–C) groups is 1. The second-order valence-corrected chi connectivity index (χ2v) is 6.58. The molecule has 1 aliphatic heterocycles. The van der Waals surface area contributed by atoms with E-state index in [4.69, 9.17) is 4.74 Å². The van der Waals surface area contributed by atoms with Crippen LogP contribution in [0.4, 0.5) is 0 Å². The van der Waals surface area contributed by atoms with Crippen molar-refractivity contribution in [2.24, 2.45) is 18.0 Å². The Kier molecular flexibility index (Phi) is 8.96. The number of ether oxygens (including phenoxy) is 1. The molecule has 2 heterocycles. The van der Waals surface area contributed by atoms with Crippen molar-refractivity contribution in [2.45, 2.75) is 59.2 Å². The summed E-state index contributed by atoms with van der Waals surface area (Å²) in [5, 5.41) is 15.1. The van der Waals surface area contributed by atoms with Gasteiger partial charge in [-0.2, -0.15) is 0 Å². The van der Waals surface area contributed by atoms with Crippen LogP contribution < -0.4 is 10.6 Å². The van der Waals surface area contributed by atoms with Crippen molar-refractivity contribution >= 4 is 29.9 Å². The second kappa shape index (κ2) is 10.2. The predicted octanol–water partition coefficient (Wildman–Crippen LogP) is 2.00. The molecule has 0 amide bonds. The number of aromatic nitrogens is 3. The molecule has 0 bridgehead atoms. The van der Waals surface area contributed by atoms with Gasteiger partial charge in [0, 0.05) is 26.2 Å². The molecule has 1 aromatic heterocycles. The Labute approximate surface area is 162 Å². The van der Waals surface area contributed by atoms with Gasteiger partial charge in [0.15, 0.2) is 11.8 Å². The maximum Gasteiger partial charge on any atom is 0.192 e. The second-order valence-electron chi connectivity index (χ2n) is 6.58. The van der Waals surface area contributed by atoms with Crippen molar-refractivity contribution in [3.05, 3.63) is 11.6 Å². The third-order valence-electron chi connectivity index (χ3n) is 4.45. The molecule has 138 valence electrons. The number of guanidine groups is 1. The number of hydrogen-bond acceptors (Lipinski definition) is 4. The summed E-state index contributed by atoms with van der Waals surface area (Å²) in [5.74, 6) is 3.09. The molecule has 24 heavy (non-hydrogen) atoms. The molecule has 0 aliphatic carbocycles. The minimum Gasteiger partial charge on any atom is -0.376 e. The first-order valence-corrected chi connectivity index (χ1v) is 8.48. The molecule has 2 rings (SSSR count). The average molecular weight is 450 g/mol. The normalized spacial score (nSPS) is 19.2. The van der Waals surface area contributed by atoms with Crippen LogP contribution in [-0.2, 0) is 18.3 Å². The van der Waals surface area contributed by atoms with Crippen molar-refractivity contribution in [3.63, 3.8) is 0 Å². The number of halogens is 1. The summed E-state index contributed by atoms with van der Waals surface area (Å²) in [6.45, 7) is 10.7. The highest BCUT2D eigenvalue weighted by Gasteiger charge is 2.17. The number of nitrogens with zero attached hydrogens (tertiary/aromatic N) is 4. The van der Waals surface area contributed by atoms with E-state index in [1.807, 2.05) is 18.5 Å². The van der Waals surface area contributed by atoms with Gasteiger partial charge in [-0.1, -0.05) is 13.8 Å². The van der Waals surface area contributed by atoms with Crippen LogP contribution in [0.1, 0.15) is 45.3 Å². The fourth-order valence-electron chi connectivity index (χ4n) is 2.29. The molecule has 2 N–H and O–H groups in total. The Balaban J connectivity index is 0.00000288. The van der Waals surface area contributed by atoms with E-state index in [1.165, 1.54) is 0 Å². The topological polar surface area (TPSA) is 76.4 Å². The maximum atomic E-state index is 5.67. The van der Waals surface area contributed by atoms with E-state index in [1.54, 1.807) is 0 Å². The van der Waals surface area contributed by atoms with E-state index < -0.39 is 0 Å². The zero-order valence-corrected chi connectivity index (χ0v) is 17.7. The number of aryl methyl sites for hydroxylation is 1. The number of nitrogens with one attached hydrogen (secondary N) is 2. The van der Waals surface area contributed by atoms with E-state index in [-0.39, 0.29) is 30.1 Å². The van der Waals surface area contributed by atoms with Crippen LogP contribution in [0.5, 0.6) is 0 Å². The summed E-state index contributed by atoms with van der Waals surface area (Å²) >= 11 is 0. The van der Waals surface area contributed by atoms with Gasteiger partial charge in [-0.3, -0.25) is 0 Å². The molecule has 0 aromatic carbocycles. The highest BCUT2D eigenvalue weighted by molar-refractivity contribution is 14.0. The third-order valence-corrected chi connectivity index (χ3v) is 4.45. The van der Waals surface area contributed by atoms with Crippen LogP contribution >= 0.6 is 24.0 Å². The van der Waals surface area contributed by atoms with Gasteiger partial charge < -0.3 is 19.9 Å². The Bertz CT molecular complexity index is 525. The lowest BCUT2D eigenvalue weighted by Gasteiger charge is -2.22. The molecule has 1 fully saturated rings. The minimum atomic E-state index is 0. The van der Waals surface area contributed by atoms with E-state index in [0.717, 1.165) is 43.6 Å². The summed E-state index contributed by atoms with van der Waals surface area (Å²) in [6, 6.07) is 0.340. The average Bonchev–Trinajstić information content (AvgIpc) is 3.14. The Morgan fingerprint density at radius 3 is 2.67 bits per heavy atom. The lowest BCUT2D eigenvalue weighted by atomic mass is 10.1. The van der Waals surface area contributed by atoms with Gasteiger partial charge in [0.1, 0.15) is 12.4 Å². The van der Waals surface area contributed by atoms with Crippen LogP contribution in [0.25, 0.3) is 0 Å². The Morgan fingerprint density at radius 1 is 1.38 bits per heavy atom. The molecule has 0 saturated carbocycles. The smallest absolute Gasteiger partial charge is 0.192 e. The van der Waals surface area contributed by atoms with Gasteiger partial charge in [-0.15, -0.1) is 34.2 Å². The largest absolute Gasteiger partial charge is 0.376 e. The van der Waals surface area contributed by atoms with Crippen LogP contribution in [0.3, 0.4) is 0 Å². The van der Waals surface area contributed by atoms with Gasteiger partial charge in [-0.05, 0) is 32.6 Å².